The van der Waals surface area contributed by atoms with Crippen molar-refractivity contribution in [3.05, 3.63) is 23.2 Å². The lowest BCUT2D eigenvalue weighted by Crippen LogP contribution is -2.50. The fourth-order valence-corrected chi connectivity index (χ4v) is 7.09. The van der Waals surface area contributed by atoms with Gasteiger partial charge in [-0.2, -0.15) is 4.31 Å². The van der Waals surface area contributed by atoms with Gasteiger partial charge >= 0.3 is 0 Å². The van der Waals surface area contributed by atoms with Gasteiger partial charge < -0.3 is 9.42 Å². The number of aromatic nitrogens is 1. The van der Waals surface area contributed by atoms with E-state index in [-0.39, 0.29) is 6.04 Å². The summed E-state index contributed by atoms with van der Waals surface area (Å²) in [5.74, 6) is 0.619. The first-order valence-electron chi connectivity index (χ1n) is 9.80. The van der Waals surface area contributed by atoms with E-state index in [1.54, 1.807) is 10.4 Å². The zero-order chi connectivity index (χ0) is 18.9. The SMILES string of the molecule is Cc1cc(-c2csc(S(=O)(=O)N3CCCCC3CN3CCCCC3)c2)on1. The van der Waals surface area contributed by atoms with Crippen molar-refractivity contribution in [2.24, 2.45) is 0 Å². The van der Waals surface area contributed by atoms with Crippen LogP contribution in [0.1, 0.15) is 44.2 Å². The summed E-state index contributed by atoms with van der Waals surface area (Å²) in [5.41, 5.74) is 1.57. The molecule has 148 valence electrons. The number of hydrogen-bond acceptors (Lipinski definition) is 6. The molecule has 6 nitrogen and oxygen atoms in total. The van der Waals surface area contributed by atoms with E-state index >= 15 is 0 Å². The normalized spacial score (nSPS) is 22.9. The first kappa shape index (κ1) is 19.1. The molecule has 2 aliphatic heterocycles. The molecule has 0 spiro atoms. The van der Waals surface area contributed by atoms with E-state index in [1.165, 1.54) is 30.6 Å². The van der Waals surface area contributed by atoms with Crippen molar-refractivity contribution in [2.45, 2.75) is 55.7 Å². The number of hydrogen-bond donors (Lipinski definition) is 0. The maximum absolute atomic E-state index is 13.4. The second-order valence-electron chi connectivity index (χ2n) is 7.61. The van der Waals surface area contributed by atoms with Crippen LogP contribution in [0.25, 0.3) is 11.3 Å². The second kappa shape index (κ2) is 8.03. The Bertz CT molecular complexity index is 868. The van der Waals surface area contributed by atoms with Crippen molar-refractivity contribution in [3.63, 3.8) is 0 Å². The molecule has 0 saturated carbocycles. The summed E-state index contributed by atoms with van der Waals surface area (Å²) >= 11 is 1.27. The van der Waals surface area contributed by atoms with Gasteiger partial charge in [0.05, 0.1) is 5.69 Å². The molecule has 2 aromatic heterocycles. The predicted molar refractivity (Wildman–Crippen MR) is 106 cm³/mol. The van der Waals surface area contributed by atoms with Gasteiger partial charge in [-0.3, -0.25) is 0 Å². The number of piperidine rings is 2. The topological polar surface area (TPSA) is 66.7 Å². The molecule has 2 fully saturated rings. The molecule has 2 saturated heterocycles. The maximum Gasteiger partial charge on any atom is 0.252 e. The first-order valence-corrected chi connectivity index (χ1v) is 12.1. The Hall–Kier alpha value is -1.22. The highest BCUT2D eigenvalue weighted by Crippen LogP contribution is 2.33. The zero-order valence-corrected chi connectivity index (χ0v) is 17.4. The highest BCUT2D eigenvalue weighted by Gasteiger charge is 2.35. The molecule has 0 N–H and O–H groups in total. The van der Waals surface area contributed by atoms with Gasteiger partial charge in [-0.1, -0.05) is 18.0 Å². The Kier molecular flexibility index (Phi) is 5.68. The molecule has 0 radical (unpaired) electrons. The van der Waals surface area contributed by atoms with Crippen LogP contribution in [-0.4, -0.2) is 55.0 Å². The van der Waals surface area contributed by atoms with Crippen LogP contribution in [0.5, 0.6) is 0 Å². The minimum absolute atomic E-state index is 0.0833. The van der Waals surface area contributed by atoms with Crippen LogP contribution in [0.4, 0.5) is 0 Å². The van der Waals surface area contributed by atoms with E-state index in [9.17, 15) is 8.42 Å². The van der Waals surface area contributed by atoms with Gasteiger partial charge in [-0.25, -0.2) is 8.42 Å². The molecule has 4 heterocycles. The van der Waals surface area contributed by atoms with Gasteiger partial charge in [0.15, 0.2) is 5.76 Å². The molecule has 0 amide bonds. The summed E-state index contributed by atoms with van der Waals surface area (Å²) in [5, 5.41) is 5.74. The third-order valence-electron chi connectivity index (χ3n) is 5.54. The Labute approximate surface area is 165 Å². The second-order valence-corrected chi connectivity index (χ2v) is 10.6. The van der Waals surface area contributed by atoms with Crippen LogP contribution in [-0.2, 0) is 10.0 Å². The number of aryl methyl sites for hydroxylation is 1. The fourth-order valence-electron chi connectivity index (χ4n) is 4.11. The minimum atomic E-state index is -3.48. The van der Waals surface area contributed by atoms with E-state index in [4.69, 9.17) is 4.52 Å². The summed E-state index contributed by atoms with van der Waals surface area (Å²) in [4.78, 5) is 2.44. The van der Waals surface area contributed by atoms with E-state index in [0.717, 1.165) is 50.2 Å². The standard InChI is InChI=1S/C19H27N3O3S2/c1-15-11-18(25-20-15)16-12-19(26-14-16)27(23,24)22-10-6-3-7-17(22)13-21-8-4-2-5-9-21/h11-12,14,17H,2-10,13H2,1H3. The van der Waals surface area contributed by atoms with E-state index in [0.29, 0.717) is 16.5 Å². The van der Waals surface area contributed by atoms with Crippen molar-refractivity contribution in [2.75, 3.05) is 26.2 Å². The Morgan fingerprint density at radius 3 is 2.67 bits per heavy atom. The summed E-state index contributed by atoms with van der Waals surface area (Å²) in [7, 11) is -3.48. The average Bonchev–Trinajstić information content (AvgIpc) is 3.32. The van der Waals surface area contributed by atoms with Crippen molar-refractivity contribution >= 4 is 21.4 Å². The molecule has 0 bridgehead atoms. The van der Waals surface area contributed by atoms with Crippen molar-refractivity contribution in [1.29, 1.82) is 0 Å². The highest BCUT2D eigenvalue weighted by molar-refractivity contribution is 7.91. The lowest BCUT2D eigenvalue weighted by Gasteiger charge is -2.38. The van der Waals surface area contributed by atoms with Gasteiger partial charge in [0.2, 0.25) is 0 Å². The van der Waals surface area contributed by atoms with Crippen molar-refractivity contribution in [3.8, 4) is 11.3 Å². The third-order valence-corrected chi connectivity index (χ3v) is 8.91. The van der Waals surface area contributed by atoms with Crippen LogP contribution >= 0.6 is 11.3 Å². The van der Waals surface area contributed by atoms with E-state index in [2.05, 4.69) is 10.1 Å². The van der Waals surface area contributed by atoms with Gasteiger partial charge in [-0.15, -0.1) is 11.3 Å². The molecular formula is C19H27N3O3S2. The summed E-state index contributed by atoms with van der Waals surface area (Å²) < 4.78 is 34.2. The summed E-state index contributed by atoms with van der Waals surface area (Å²) in [6.07, 6.45) is 6.75. The van der Waals surface area contributed by atoms with Crippen LogP contribution in [0, 0.1) is 6.92 Å². The quantitative estimate of drug-likeness (QED) is 0.753. The monoisotopic (exact) mass is 409 g/mol. The number of nitrogens with zero attached hydrogens (tertiary/aromatic N) is 3. The number of sulfonamides is 1. The van der Waals surface area contributed by atoms with Crippen LogP contribution < -0.4 is 0 Å². The molecular weight excluding hydrogens is 382 g/mol. The summed E-state index contributed by atoms with van der Waals surface area (Å²) in [6, 6.07) is 3.64. The molecule has 8 heteroatoms. The van der Waals surface area contributed by atoms with E-state index < -0.39 is 10.0 Å². The van der Waals surface area contributed by atoms with Crippen molar-refractivity contribution in [1.82, 2.24) is 14.4 Å². The Balaban J connectivity index is 1.54. The molecule has 2 aromatic rings. The van der Waals surface area contributed by atoms with Crippen molar-refractivity contribution < 1.29 is 12.9 Å². The molecule has 4 rings (SSSR count). The molecule has 2 aliphatic rings. The lowest BCUT2D eigenvalue weighted by atomic mass is 10.0. The number of rotatable bonds is 5. The van der Waals surface area contributed by atoms with Crippen LogP contribution in [0.2, 0.25) is 0 Å². The Morgan fingerprint density at radius 1 is 1.15 bits per heavy atom. The molecule has 27 heavy (non-hydrogen) atoms. The largest absolute Gasteiger partial charge is 0.356 e. The number of likely N-dealkylation sites (tertiary alicyclic amines) is 1. The number of thiophene rings is 1. The average molecular weight is 410 g/mol. The van der Waals surface area contributed by atoms with Gasteiger partial charge in [0, 0.05) is 36.1 Å². The van der Waals surface area contributed by atoms with Crippen LogP contribution in [0.3, 0.4) is 0 Å². The fraction of sp³-hybridized carbons (Fsp3) is 0.632. The van der Waals surface area contributed by atoms with E-state index in [1.807, 2.05) is 18.4 Å². The van der Waals surface area contributed by atoms with Gasteiger partial charge in [0.25, 0.3) is 10.0 Å². The maximum atomic E-state index is 13.4. The summed E-state index contributed by atoms with van der Waals surface area (Å²) in [6.45, 7) is 5.53. The molecule has 1 unspecified atom stereocenters. The van der Waals surface area contributed by atoms with Gasteiger partial charge in [-0.05, 0) is 51.8 Å². The minimum Gasteiger partial charge on any atom is -0.356 e. The lowest BCUT2D eigenvalue weighted by molar-refractivity contribution is 0.150. The zero-order valence-electron chi connectivity index (χ0n) is 15.8. The Morgan fingerprint density at radius 2 is 1.93 bits per heavy atom. The first-order chi connectivity index (χ1) is 13.0. The third kappa shape index (κ3) is 4.13. The molecule has 0 aromatic carbocycles. The smallest absolute Gasteiger partial charge is 0.252 e. The molecule has 1 atom stereocenters. The van der Waals surface area contributed by atoms with Gasteiger partial charge in [0.1, 0.15) is 4.21 Å². The molecule has 0 aliphatic carbocycles. The highest BCUT2D eigenvalue weighted by atomic mass is 32.2. The predicted octanol–water partition coefficient (Wildman–Crippen LogP) is 3.74. The van der Waals surface area contributed by atoms with Crippen LogP contribution in [0.15, 0.2) is 26.2 Å².